The number of imide groups is 1. The van der Waals surface area contributed by atoms with E-state index in [0.717, 1.165) is 30.5 Å². The molecule has 1 saturated heterocycles. The topological polar surface area (TPSA) is 84.4 Å². The van der Waals surface area contributed by atoms with Crippen LogP contribution in [0.2, 0.25) is 0 Å². The van der Waals surface area contributed by atoms with Crippen LogP contribution in [0.4, 0.5) is 4.79 Å². The van der Waals surface area contributed by atoms with Gasteiger partial charge < -0.3 is 10.1 Å². The summed E-state index contributed by atoms with van der Waals surface area (Å²) in [5.41, 5.74) is 1.95. The van der Waals surface area contributed by atoms with Gasteiger partial charge >= 0.3 is 6.03 Å². The van der Waals surface area contributed by atoms with E-state index in [0.29, 0.717) is 31.5 Å². The molecule has 0 radical (unpaired) electrons. The number of nitrogens with one attached hydrogen (secondary N) is 1. The van der Waals surface area contributed by atoms with Gasteiger partial charge in [-0.05, 0) is 18.8 Å². The lowest BCUT2D eigenvalue weighted by Crippen LogP contribution is -2.56. The van der Waals surface area contributed by atoms with E-state index in [1.54, 1.807) is 6.20 Å². The van der Waals surface area contributed by atoms with E-state index in [2.05, 4.69) is 15.3 Å². The molecule has 3 amide bonds. The third-order valence-electron chi connectivity index (χ3n) is 5.56. The van der Waals surface area contributed by atoms with Gasteiger partial charge in [-0.1, -0.05) is 19.3 Å². The number of fused-ring (bicyclic) bond motifs is 1. The largest absolute Gasteiger partial charge is 0.376 e. The summed E-state index contributed by atoms with van der Waals surface area (Å²) in [5, 5.41) is 2.88. The van der Waals surface area contributed by atoms with E-state index in [4.69, 9.17) is 4.74 Å². The van der Waals surface area contributed by atoms with E-state index in [-0.39, 0.29) is 24.4 Å². The highest BCUT2D eigenvalue weighted by molar-refractivity contribution is 5.98. The van der Waals surface area contributed by atoms with Crippen molar-refractivity contribution in [2.24, 2.45) is 11.8 Å². The molecule has 7 nitrogen and oxygen atoms in total. The number of ether oxygens (including phenoxy) is 1. The maximum absolute atomic E-state index is 12.9. The molecule has 4 rings (SSSR count). The van der Waals surface area contributed by atoms with Crippen LogP contribution in [-0.2, 0) is 29.1 Å². The fraction of sp³-hybridized carbons (Fsp3) is 0.667. The Morgan fingerprint density at radius 3 is 2.92 bits per heavy atom. The maximum atomic E-state index is 12.9. The fourth-order valence-corrected chi connectivity index (χ4v) is 4.12. The van der Waals surface area contributed by atoms with E-state index >= 15 is 0 Å². The third kappa shape index (κ3) is 3.38. The standard InChI is InChI=1S/C18H24N4O3/c23-17-14(12-4-2-1-3-5-12)9-20-18(24)22(17)10-16-19-8-13-11-25-7-6-15(13)21-16/h8,12,14H,1-7,9-11H2,(H,20,24). The predicted molar refractivity (Wildman–Crippen MR) is 89.4 cm³/mol. The Morgan fingerprint density at radius 2 is 2.08 bits per heavy atom. The van der Waals surface area contributed by atoms with Crippen molar-refractivity contribution in [1.82, 2.24) is 20.2 Å². The molecular weight excluding hydrogens is 320 g/mol. The van der Waals surface area contributed by atoms with Gasteiger partial charge in [-0.2, -0.15) is 0 Å². The number of hydrogen-bond acceptors (Lipinski definition) is 5. The highest BCUT2D eigenvalue weighted by Crippen LogP contribution is 2.32. The lowest BCUT2D eigenvalue weighted by molar-refractivity contribution is -0.136. The zero-order valence-corrected chi connectivity index (χ0v) is 14.4. The number of carbonyl (C=O) groups is 2. The second kappa shape index (κ2) is 7.07. The molecule has 134 valence electrons. The van der Waals surface area contributed by atoms with Crippen LogP contribution in [-0.4, -0.2) is 40.0 Å². The van der Waals surface area contributed by atoms with Crippen LogP contribution in [0, 0.1) is 11.8 Å². The molecule has 0 aromatic carbocycles. The minimum Gasteiger partial charge on any atom is -0.376 e. The normalized spacial score (nSPS) is 24.8. The lowest BCUT2D eigenvalue weighted by atomic mass is 9.78. The molecule has 1 aliphatic carbocycles. The molecule has 2 aliphatic heterocycles. The number of rotatable bonds is 3. The summed E-state index contributed by atoms with van der Waals surface area (Å²) in [6.07, 6.45) is 8.26. The Morgan fingerprint density at radius 1 is 1.24 bits per heavy atom. The first kappa shape index (κ1) is 16.4. The molecule has 1 unspecified atom stereocenters. The lowest BCUT2D eigenvalue weighted by Gasteiger charge is -2.36. The van der Waals surface area contributed by atoms with Gasteiger partial charge in [-0.25, -0.2) is 14.8 Å². The van der Waals surface area contributed by atoms with Crippen molar-refractivity contribution in [3.8, 4) is 0 Å². The minimum atomic E-state index is -0.332. The zero-order chi connectivity index (χ0) is 17.2. The van der Waals surface area contributed by atoms with Gasteiger partial charge in [0.2, 0.25) is 5.91 Å². The SMILES string of the molecule is O=C1NCC(C2CCCCC2)C(=O)N1Cc1ncc2c(n1)CCOC2. The van der Waals surface area contributed by atoms with Crippen LogP contribution in [0.5, 0.6) is 0 Å². The van der Waals surface area contributed by atoms with Crippen LogP contribution in [0.25, 0.3) is 0 Å². The van der Waals surface area contributed by atoms with Crippen molar-refractivity contribution in [2.75, 3.05) is 13.2 Å². The Balaban J connectivity index is 1.50. The molecule has 1 aromatic heterocycles. The summed E-state index contributed by atoms with van der Waals surface area (Å²) in [6.45, 7) is 1.78. The molecule has 1 N–H and O–H groups in total. The predicted octanol–water partition coefficient (Wildman–Crippen LogP) is 1.80. The molecule has 0 bridgehead atoms. The van der Waals surface area contributed by atoms with Crippen molar-refractivity contribution in [3.63, 3.8) is 0 Å². The molecular formula is C18H24N4O3. The van der Waals surface area contributed by atoms with Gasteiger partial charge in [0.15, 0.2) is 0 Å². The van der Waals surface area contributed by atoms with Gasteiger partial charge in [0.25, 0.3) is 0 Å². The average molecular weight is 344 g/mol. The highest BCUT2D eigenvalue weighted by Gasteiger charge is 2.39. The van der Waals surface area contributed by atoms with Gasteiger partial charge in [0, 0.05) is 24.7 Å². The number of carbonyl (C=O) groups excluding carboxylic acids is 2. The van der Waals surface area contributed by atoms with E-state index < -0.39 is 0 Å². The quantitative estimate of drug-likeness (QED) is 0.904. The summed E-state index contributed by atoms with van der Waals surface area (Å²) >= 11 is 0. The smallest absolute Gasteiger partial charge is 0.324 e. The number of nitrogens with zero attached hydrogens (tertiary/aromatic N) is 3. The summed E-state index contributed by atoms with van der Waals surface area (Å²) in [5.74, 6) is 0.726. The van der Waals surface area contributed by atoms with Crippen molar-refractivity contribution in [3.05, 3.63) is 23.3 Å². The van der Waals surface area contributed by atoms with Crippen LogP contribution in [0.1, 0.15) is 49.2 Å². The first-order valence-electron chi connectivity index (χ1n) is 9.23. The van der Waals surface area contributed by atoms with Crippen LogP contribution < -0.4 is 5.32 Å². The summed E-state index contributed by atoms with van der Waals surface area (Å²) in [7, 11) is 0. The third-order valence-corrected chi connectivity index (χ3v) is 5.56. The fourth-order valence-electron chi connectivity index (χ4n) is 4.12. The van der Waals surface area contributed by atoms with E-state index in [1.165, 1.54) is 24.2 Å². The molecule has 2 fully saturated rings. The second-order valence-corrected chi connectivity index (χ2v) is 7.18. The Bertz CT molecular complexity index is 672. The molecule has 0 spiro atoms. The first-order valence-corrected chi connectivity index (χ1v) is 9.23. The summed E-state index contributed by atoms with van der Waals surface area (Å²) < 4.78 is 5.39. The van der Waals surface area contributed by atoms with E-state index in [9.17, 15) is 9.59 Å². The minimum absolute atomic E-state index is 0.0692. The number of urea groups is 1. The van der Waals surface area contributed by atoms with Crippen LogP contribution >= 0.6 is 0 Å². The molecule has 1 saturated carbocycles. The molecule has 7 heteroatoms. The summed E-state index contributed by atoms with van der Waals surface area (Å²) in [6, 6.07) is -0.332. The van der Waals surface area contributed by atoms with Crippen LogP contribution in [0.15, 0.2) is 6.20 Å². The Hall–Kier alpha value is -2.02. The van der Waals surface area contributed by atoms with Crippen molar-refractivity contribution < 1.29 is 14.3 Å². The summed E-state index contributed by atoms with van der Waals surface area (Å²) in [4.78, 5) is 35.3. The Kier molecular flexibility index (Phi) is 4.65. The van der Waals surface area contributed by atoms with Gasteiger partial charge in [-0.15, -0.1) is 0 Å². The zero-order valence-electron chi connectivity index (χ0n) is 14.4. The molecule has 3 aliphatic rings. The van der Waals surface area contributed by atoms with Crippen molar-refractivity contribution in [2.45, 2.75) is 51.7 Å². The average Bonchev–Trinajstić information content (AvgIpc) is 2.66. The second-order valence-electron chi connectivity index (χ2n) is 7.18. The number of aromatic nitrogens is 2. The highest BCUT2D eigenvalue weighted by atomic mass is 16.5. The Labute approximate surface area is 147 Å². The maximum Gasteiger partial charge on any atom is 0.324 e. The van der Waals surface area contributed by atoms with Gasteiger partial charge in [0.1, 0.15) is 5.82 Å². The van der Waals surface area contributed by atoms with Crippen molar-refractivity contribution >= 4 is 11.9 Å². The first-order chi connectivity index (χ1) is 12.2. The van der Waals surface area contributed by atoms with Crippen molar-refractivity contribution in [1.29, 1.82) is 0 Å². The molecule has 1 atom stereocenters. The van der Waals surface area contributed by atoms with Crippen LogP contribution in [0.3, 0.4) is 0 Å². The van der Waals surface area contributed by atoms with E-state index in [1.807, 2.05) is 0 Å². The number of hydrogen-bond donors (Lipinski definition) is 1. The monoisotopic (exact) mass is 344 g/mol. The van der Waals surface area contributed by atoms with Gasteiger partial charge in [-0.3, -0.25) is 9.69 Å². The molecule has 3 heterocycles. The molecule has 25 heavy (non-hydrogen) atoms. The molecule has 1 aromatic rings. The number of amides is 3. The van der Waals surface area contributed by atoms with Gasteiger partial charge in [0.05, 0.1) is 31.4 Å².